The molecule has 0 aliphatic carbocycles. The summed E-state index contributed by atoms with van der Waals surface area (Å²) in [6, 6.07) is 0. The summed E-state index contributed by atoms with van der Waals surface area (Å²) in [4.78, 5) is 24.5. The van der Waals surface area contributed by atoms with Gasteiger partial charge in [-0.1, -0.05) is 6.92 Å². The second-order valence-corrected chi connectivity index (χ2v) is 4.98. The third-order valence-electron chi connectivity index (χ3n) is 3.75. The van der Waals surface area contributed by atoms with Crippen LogP contribution >= 0.6 is 0 Å². The van der Waals surface area contributed by atoms with Gasteiger partial charge in [-0.05, 0) is 26.2 Å². The second kappa shape index (κ2) is 6.86. The highest BCUT2D eigenvalue weighted by atomic mass is 16.5. The quantitative estimate of drug-likeness (QED) is 0.778. The van der Waals surface area contributed by atoms with Crippen molar-refractivity contribution in [2.24, 2.45) is 0 Å². The average molecular weight is 273 g/mol. The number of amides is 1. The van der Waals surface area contributed by atoms with E-state index in [0.29, 0.717) is 32.4 Å². The van der Waals surface area contributed by atoms with E-state index in [4.69, 9.17) is 14.6 Å². The molecule has 1 aliphatic rings. The third-order valence-corrected chi connectivity index (χ3v) is 3.75. The molecule has 1 saturated heterocycles. The lowest BCUT2D eigenvalue weighted by Gasteiger charge is -2.37. The van der Waals surface area contributed by atoms with Gasteiger partial charge in [0.15, 0.2) is 0 Å². The van der Waals surface area contributed by atoms with Crippen LogP contribution in [0.3, 0.4) is 0 Å². The molecule has 0 spiro atoms. The van der Waals surface area contributed by atoms with Crippen LogP contribution in [0, 0.1) is 0 Å². The zero-order chi connectivity index (χ0) is 14.5. The largest absolute Gasteiger partial charge is 0.480 e. The smallest absolute Gasteiger partial charge is 0.329 e. The van der Waals surface area contributed by atoms with Gasteiger partial charge in [0, 0.05) is 20.2 Å². The molecule has 1 rings (SSSR count). The molecule has 1 aliphatic heterocycles. The van der Waals surface area contributed by atoms with Gasteiger partial charge in [0.2, 0.25) is 0 Å². The standard InChI is InChI=1S/C13H23NO5/c1-4-13(2,18-3)12(17)14-7-5-10(6-8-14)19-9-11(15)16/h10H,4-9H2,1-3H3,(H,15,16). The number of rotatable bonds is 6. The lowest BCUT2D eigenvalue weighted by atomic mass is 9.99. The molecule has 0 bridgehead atoms. The van der Waals surface area contributed by atoms with Crippen LogP contribution in [-0.4, -0.2) is 60.4 Å². The molecule has 1 amide bonds. The number of carbonyl (C=O) groups is 2. The SMILES string of the molecule is CCC(C)(OC)C(=O)N1CCC(OCC(=O)O)CC1. The molecular formula is C13H23NO5. The number of carboxylic acids is 1. The Labute approximate surface area is 113 Å². The van der Waals surface area contributed by atoms with Gasteiger partial charge in [-0.2, -0.15) is 0 Å². The fourth-order valence-corrected chi connectivity index (χ4v) is 2.13. The van der Waals surface area contributed by atoms with Crippen molar-refractivity contribution < 1.29 is 24.2 Å². The summed E-state index contributed by atoms with van der Waals surface area (Å²) < 4.78 is 10.5. The van der Waals surface area contributed by atoms with Crippen LogP contribution < -0.4 is 0 Å². The summed E-state index contributed by atoms with van der Waals surface area (Å²) in [6.07, 6.45) is 1.89. The first-order chi connectivity index (χ1) is 8.92. The predicted molar refractivity (Wildman–Crippen MR) is 68.9 cm³/mol. The third kappa shape index (κ3) is 4.18. The van der Waals surface area contributed by atoms with Crippen molar-refractivity contribution in [1.29, 1.82) is 0 Å². The molecule has 1 atom stereocenters. The van der Waals surface area contributed by atoms with E-state index < -0.39 is 11.6 Å². The van der Waals surface area contributed by atoms with E-state index in [0.717, 1.165) is 0 Å². The second-order valence-electron chi connectivity index (χ2n) is 4.98. The molecule has 0 aromatic carbocycles. The number of aliphatic carboxylic acids is 1. The van der Waals surface area contributed by atoms with E-state index in [9.17, 15) is 9.59 Å². The number of nitrogens with zero attached hydrogens (tertiary/aromatic N) is 1. The monoisotopic (exact) mass is 273 g/mol. The molecule has 110 valence electrons. The first-order valence-corrected chi connectivity index (χ1v) is 6.61. The predicted octanol–water partition coefficient (Wildman–Crippen LogP) is 0.894. The van der Waals surface area contributed by atoms with Crippen molar-refractivity contribution in [3.05, 3.63) is 0 Å². The molecule has 0 aromatic heterocycles. The van der Waals surface area contributed by atoms with Crippen molar-refractivity contribution in [3.63, 3.8) is 0 Å². The van der Waals surface area contributed by atoms with Crippen LogP contribution in [0.25, 0.3) is 0 Å². The van der Waals surface area contributed by atoms with Gasteiger partial charge >= 0.3 is 5.97 Å². The zero-order valence-corrected chi connectivity index (χ0v) is 11.8. The van der Waals surface area contributed by atoms with Crippen LogP contribution in [0.1, 0.15) is 33.1 Å². The van der Waals surface area contributed by atoms with Gasteiger partial charge in [-0.3, -0.25) is 4.79 Å². The van der Waals surface area contributed by atoms with Gasteiger partial charge in [0.25, 0.3) is 5.91 Å². The fourth-order valence-electron chi connectivity index (χ4n) is 2.13. The Morgan fingerprint density at radius 2 is 1.95 bits per heavy atom. The molecule has 1 fully saturated rings. The molecule has 0 aromatic rings. The highest BCUT2D eigenvalue weighted by Gasteiger charge is 2.36. The van der Waals surface area contributed by atoms with Gasteiger partial charge in [0.1, 0.15) is 12.2 Å². The van der Waals surface area contributed by atoms with Gasteiger partial charge < -0.3 is 19.5 Å². The Hall–Kier alpha value is -1.14. The number of carbonyl (C=O) groups excluding carboxylic acids is 1. The molecule has 6 heteroatoms. The molecule has 6 nitrogen and oxygen atoms in total. The Balaban J connectivity index is 2.45. The summed E-state index contributed by atoms with van der Waals surface area (Å²) in [5.74, 6) is -0.967. The average Bonchev–Trinajstić information content (AvgIpc) is 2.44. The summed E-state index contributed by atoms with van der Waals surface area (Å²) in [7, 11) is 1.55. The van der Waals surface area contributed by atoms with E-state index in [1.807, 2.05) is 6.92 Å². The minimum atomic E-state index is -0.962. The molecule has 0 saturated carbocycles. The Morgan fingerprint density at radius 3 is 2.37 bits per heavy atom. The summed E-state index contributed by atoms with van der Waals surface area (Å²) in [5.41, 5.74) is -0.769. The number of hydrogen-bond acceptors (Lipinski definition) is 4. The molecule has 1 heterocycles. The summed E-state index contributed by atoms with van der Waals surface area (Å²) >= 11 is 0. The van der Waals surface area contributed by atoms with Gasteiger partial charge in [0.05, 0.1) is 6.10 Å². The fraction of sp³-hybridized carbons (Fsp3) is 0.846. The van der Waals surface area contributed by atoms with Crippen LogP contribution in [-0.2, 0) is 19.1 Å². The first-order valence-electron chi connectivity index (χ1n) is 6.61. The highest BCUT2D eigenvalue weighted by molar-refractivity contribution is 5.84. The van der Waals surface area contributed by atoms with E-state index in [-0.39, 0.29) is 18.6 Å². The molecule has 1 unspecified atom stereocenters. The topological polar surface area (TPSA) is 76.1 Å². The van der Waals surface area contributed by atoms with E-state index in [1.165, 1.54) is 0 Å². The summed E-state index contributed by atoms with van der Waals surface area (Å²) in [5, 5.41) is 8.55. The van der Waals surface area contributed by atoms with Crippen LogP contribution in [0.15, 0.2) is 0 Å². The van der Waals surface area contributed by atoms with Gasteiger partial charge in [-0.25, -0.2) is 4.79 Å². The van der Waals surface area contributed by atoms with Crippen molar-refractivity contribution in [2.75, 3.05) is 26.8 Å². The number of ether oxygens (including phenoxy) is 2. The molecule has 0 radical (unpaired) electrons. The van der Waals surface area contributed by atoms with E-state index in [1.54, 1.807) is 18.9 Å². The zero-order valence-electron chi connectivity index (χ0n) is 11.8. The lowest BCUT2D eigenvalue weighted by Crippen LogP contribution is -2.51. The molecule has 19 heavy (non-hydrogen) atoms. The number of likely N-dealkylation sites (tertiary alicyclic amines) is 1. The maximum absolute atomic E-state index is 12.3. The number of hydrogen-bond donors (Lipinski definition) is 1. The lowest BCUT2D eigenvalue weighted by molar-refractivity contribution is -0.157. The Morgan fingerprint density at radius 1 is 1.37 bits per heavy atom. The minimum absolute atomic E-state index is 0.00538. The van der Waals surface area contributed by atoms with E-state index >= 15 is 0 Å². The van der Waals surface area contributed by atoms with E-state index in [2.05, 4.69) is 0 Å². The van der Waals surface area contributed by atoms with Crippen molar-refractivity contribution in [2.45, 2.75) is 44.8 Å². The van der Waals surface area contributed by atoms with Crippen LogP contribution in [0.2, 0.25) is 0 Å². The number of methoxy groups -OCH3 is 1. The van der Waals surface area contributed by atoms with Crippen LogP contribution in [0.5, 0.6) is 0 Å². The first kappa shape index (κ1) is 15.9. The van der Waals surface area contributed by atoms with Crippen molar-refractivity contribution in [1.82, 2.24) is 4.90 Å². The number of carboxylic acid groups (broad SMARTS) is 1. The molecular weight excluding hydrogens is 250 g/mol. The van der Waals surface area contributed by atoms with Crippen LogP contribution in [0.4, 0.5) is 0 Å². The molecule has 1 N–H and O–H groups in total. The maximum Gasteiger partial charge on any atom is 0.329 e. The van der Waals surface area contributed by atoms with Crippen molar-refractivity contribution >= 4 is 11.9 Å². The summed E-state index contributed by atoms with van der Waals surface area (Å²) in [6.45, 7) is 4.61. The maximum atomic E-state index is 12.3. The van der Waals surface area contributed by atoms with Crippen molar-refractivity contribution in [3.8, 4) is 0 Å². The highest BCUT2D eigenvalue weighted by Crippen LogP contribution is 2.21. The minimum Gasteiger partial charge on any atom is -0.480 e. The Kier molecular flexibility index (Phi) is 5.75. The number of piperidine rings is 1. The Bertz CT molecular complexity index is 319. The normalized spacial score (nSPS) is 20.1. The van der Waals surface area contributed by atoms with Gasteiger partial charge in [-0.15, -0.1) is 0 Å².